The Morgan fingerprint density at radius 1 is 0.519 bits per heavy atom. The van der Waals surface area contributed by atoms with Crippen LogP contribution in [0.3, 0.4) is 0 Å². The van der Waals surface area contributed by atoms with Gasteiger partial charge in [0.05, 0.1) is 44.4 Å². The van der Waals surface area contributed by atoms with E-state index in [2.05, 4.69) is 19.5 Å². The molecular formula is C70H54F6I3N11O15S. The number of aromatic nitrogens is 9. The third kappa shape index (κ3) is 16.6. The second-order valence-electron chi connectivity index (χ2n) is 22.8. The van der Waals surface area contributed by atoms with Crippen molar-refractivity contribution in [2.45, 2.75) is 32.4 Å². The van der Waals surface area contributed by atoms with Crippen molar-refractivity contribution in [2.24, 2.45) is 26.9 Å². The van der Waals surface area contributed by atoms with E-state index in [4.69, 9.17) is 24.7 Å². The van der Waals surface area contributed by atoms with Crippen LogP contribution in [0.5, 0.6) is 40.2 Å². The second kappa shape index (κ2) is 31.8. The Balaban J connectivity index is 0.000000173. The second-order valence-corrected chi connectivity index (χ2v) is 28.1. The molecule has 7 aromatic heterocycles. The van der Waals surface area contributed by atoms with E-state index in [1.807, 2.05) is 45.2 Å². The van der Waals surface area contributed by atoms with Gasteiger partial charge in [-0.1, -0.05) is 24.3 Å². The van der Waals surface area contributed by atoms with Gasteiger partial charge in [0.2, 0.25) is 0 Å². The molecule has 12 rings (SSSR count). The lowest BCUT2D eigenvalue weighted by Crippen LogP contribution is -2.42. The number of aryl methyl sites for hydroxylation is 4. The fourth-order valence-corrected chi connectivity index (χ4v) is 12.4. The van der Waals surface area contributed by atoms with Gasteiger partial charge in [-0.15, -0.1) is 0 Å². The van der Waals surface area contributed by atoms with Crippen LogP contribution in [-0.4, -0.2) is 76.0 Å². The molecule has 3 N–H and O–H groups in total. The van der Waals surface area contributed by atoms with E-state index in [-0.39, 0.29) is 51.8 Å². The van der Waals surface area contributed by atoms with Crippen LogP contribution >= 0.6 is 67.8 Å². The fraction of sp³-hybridized carbons (Fsp3) is 0.143. The summed E-state index contributed by atoms with van der Waals surface area (Å²) in [7, 11) is 0.539. The number of methoxy groups -OCH3 is 2. The van der Waals surface area contributed by atoms with E-state index in [9.17, 15) is 64.3 Å². The van der Waals surface area contributed by atoms with Crippen LogP contribution in [-0.2, 0) is 44.4 Å². The molecule has 0 atom stereocenters. The van der Waals surface area contributed by atoms with Crippen molar-refractivity contribution in [3.8, 4) is 51.6 Å². The molecule has 0 bridgehead atoms. The zero-order chi connectivity index (χ0) is 77.1. The number of carbonyl (C=O) groups is 1. The topological polar surface area (TPSA) is 315 Å². The number of hydrogen-bond donors (Lipinski definition) is 2. The van der Waals surface area contributed by atoms with Crippen molar-refractivity contribution in [2.75, 3.05) is 19.5 Å². The van der Waals surface area contributed by atoms with Crippen LogP contribution in [0.15, 0.2) is 192 Å². The summed E-state index contributed by atoms with van der Waals surface area (Å²) < 4.78 is 142. The van der Waals surface area contributed by atoms with Gasteiger partial charge >= 0.3 is 27.0 Å². The maximum Gasteiger partial charge on any atom is 0.534 e. The van der Waals surface area contributed by atoms with Gasteiger partial charge in [0.15, 0.2) is 5.75 Å². The monoisotopic (exact) mass is 1820 g/mol. The first-order valence-electron chi connectivity index (χ1n) is 30.5. The van der Waals surface area contributed by atoms with Gasteiger partial charge < -0.3 is 34.2 Å². The Kier molecular flexibility index (Phi) is 23.3. The highest BCUT2D eigenvalue weighted by molar-refractivity contribution is 14.1. The number of pyridine rings is 5. The first kappa shape index (κ1) is 77.7. The third-order valence-electron chi connectivity index (χ3n) is 15.7. The molecule has 26 nitrogen and oxygen atoms in total. The largest absolute Gasteiger partial charge is 0.534 e. The first-order valence-corrected chi connectivity index (χ1v) is 35.2. The predicted octanol–water partition coefficient (Wildman–Crippen LogP) is 10.5. The summed E-state index contributed by atoms with van der Waals surface area (Å²) in [5.41, 5.74) is -5.41. The SMILES string of the molecule is COc1ccc(Cn2c(=O)c3c(OS(=O)(=O)C(F)(F)F)cc(=O)n(C)c3n(-c3ccc(I)cc3F)c2=O)cc1.COc1ccc(Cn2c(=O)c3c(Oc4ccnc(C)c4)cc(=O)n(C)c3n(-c3ccc(I)cc3F)c2=O)cc1.Cc1cc(Oc2cc(=O)n(C)c(Nc3ccc(I)cc3F)c2C(N)=O)ccn1. The lowest BCUT2D eigenvalue weighted by Gasteiger charge is -2.19. The minimum atomic E-state index is -6.34. The molecule has 0 fully saturated rings. The quantitative estimate of drug-likeness (QED) is 0.0370. The molecule has 0 spiro atoms. The van der Waals surface area contributed by atoms with E-state index < -0.39 is 107 Å². The molecule has 0 unspecified atom stereocenters. The number of nitrogens with one attached hydrogen (secondary N) is 1. The van der Waals surface area contributed by atoms with Crippen LogP contribution in [0.2, 0.25) is 0 Å². The zero-order valence-electron chi connectivity index (χ0n) is 56.0. The van der Waals surface area contributed by atoms with Gasteiger partial charge in [-0.05, 0) is 184 Å². The standard InChI is InChI=1S/C28H22FIN4O5.C23H16F4IN3O7S.C19H16FIN4O3/c1-16-12-20(10-11-31-16)39-23-14-24(35)32(2)26-25(23)27(36)33(15-17-4-7-19(38-3)8-5-17)28(37)34(26)22-9-6-18(30)13-21(22)29;1-29-18(32)10-17(38-39(35,36)23(25,26)27)19-20(29)31(16-8-5-13(28)9-15(16)24)22(34)30(21(19)33)11-12-3-6-14(37-2)7-4-12;1-10-7-12(5-6-23-10)28-15-9-16(26)25(2)19(17(15)18(22)27)24-14-4-3-11(21)8-13(14)20/h4-14H,15H2,1-3H3;3-10H,11H2,1-2H3;3-9,24H,1-2H3,(H2,22,27). The van der Waals surface area contributed by atoms with Gasteiger partial charge in [0.25, 0.3) is 33.7 Å². The Bertz CT molecular complexity index is 6090. The van der Waals surface area contributed by atoms with E-state index in [0.29, 0.717) is 76.0 Å². The number of primary amides is 1. The summed E-state index contributed by atoms with van der Waals surface area (Å²) in [6.45, 7) is 2.98. The van der Waals surface area contributed by atoms with E-state index in [0.717, 1.165) is 38.9 Å². The molecule has 0 aliphatic heterocycles. The molecule has 548 valence electrons. The maximum absolute atomic E-state index is 15.3. The summed E-state index contributed by atoms with van der Waals surface area (Å²) >= 11 is 5.74. The Morgan fingerprint density at radius 3 is 1.32 bits per heavy atom. The Hall–Kier alpha value is -10.9. The number of alkyl halides is 3. The number of ether oxygens (including phenoxy) is 4. The van der Waals surface area contributed by atoms with Crippen molar-refractivity contribution in [1.29, 1.82) is 0 Å². The lowest BCUT2D eigenvalue weighted by atomic mass is 10.2. The summed E-state index contributed by atoms with van der Waals surface area (Å²) in [5, 5.41) is 1.85. The Labute approximate surface area is 634 Å². The lowest BCUT2D eigenvalue weighted by molar-refractivity contribution is -0.0499. The molecule has 106 heavy (non-hydrogen) atoms. The number of nitrogens with two attached hydrogens (primary N) is 1. The summed E-state index contributed by atoms with van der Waals surface area (Å²) in [4.78, 5) is 114. The molecule has 5 aromatic carbocycles. The van der Waals surface area contributed by atoms with Crippen molar-refractivity contribution in [3.63, 3.8) is 0 Å². The number of benzene rings is 5. The van der Waals surface area contributed by atoms with Gasteiger partial charge in [-0.25, -0.2) is 31.9 Å². The van der Waals surface area contributed by atoms with Crippen molar-refractivity contribution < 1.29 is 62.7 Å². The predicted molar refractivity (Wildman–Crippen MR) is 404 cm³/mol. The number of halogens is 9. The van der Waals surface area contributed by atoms with E-state index in [1.165, 1.54) is 106 Å². The van der Waals surface area contributed by atoms with Crippen LogP contribution in [0, 0.1) is 42.0 Å². The fourth-order valence-electron chi connectivity index (χ4n) is 10.6. The molecule has 1 amide bonds. The molecule has 0 saturated carbocycles. The van der Waals surface area contributed by atoms with Crippen molar-refractivity contribution in [3.05, 3.63) is 287 Å². The first-order chi connectivity index (χ1) is 50.1. The summed E-state index contributed by atoms with van der Waals surface area (Å²) in [5.74, 6) is -2.58. The van der Waals surface area contributed by atoms with Crippen LogP contribution < -0.4 is 73.4 Å². The number of nitrogens with zero attached hydrogens (tertiary/aromatic N) is 9. The zero-order valence-corrected chi connectivity index (χ0v) is 63.3. The van der Waals surface area contributed by atoms with Gasteiger partial charge in [0, 0.05) is 86.0 Å². The summed E-state index contributed by atoms with van der Waals surface area (Å²) in [6.07, 6.45) is 3.07. The molecule has 0 saturated heterocycles. The molecule has 12 aromatic rings. The molecule has 7 heterocycles. The normalized spacial score (nSPS) is 11.3. The molecule has 0 aliphatic carbocycles. The number of fused-ring (bicyclic) bond motifs is 2. The molecule has 0 aliphatic rings. The minimum absolute atomic E-state index is 0.0286. The van der Waals surface area contributed by atoms with Crippen LogP contribution in [0.4, 0.5) is 37.8 Å². The smallest absolute Gasteiger partial charge is 0.497 e. The minimum Gasteiger partial charge on any atom is -0.497 e. The van der Waals surface area contributed by atoms with Crippen LogP contribution in [0.1, 0.15) is 32.9 Å². The van der Waals surface area contributed by atoms with Crippen molar-refractivity contribution >= 4 is 117 Å². The summed E-state index contributed by atoms with van der Waals surface area (Å²) in [6, 6.07) is 34.5. The molecule has 0 radical (unpaired) electrons. The van der Waals surface area contributed by atoms with Crippen LogP contribution in [0.25, 0.3) is 33.4 Å². The van der Waals surface area contributed by atoms with E-state index in [1.54, 1.807) is 97.1 Å². The van der Waals surface area contributed by atoms with E-state index >= 15 is 8.78 Å². The van der Waals surface area contributed by atoms with Gasteiger partial charge in [0.1, 0.15) is 85.4 Å². The van der Waals surface area contributed by atoms with Crippen molar-refractivity contribution in [1.82, 2.24) is 41.9 Å². The molecule has 36 heteroatoms. The number of anilines is 2. The number of amides is 1. The molecular weight excluding hydrogens is 1760 g/mol. The average molecular weight is 1820 g/mol. The average Bonchev–Trinajstić information content (AvgIpc) is 0.759. The highest BCUT2D eigenvalue weighted by Crippen LogP contribution is 2.34. The third-order valence-corrected chi connectivity index (χ3v) is 18.7. The number of rotatable bonds is 17. The highest BCUT2D eigenvalue weighted by Gasteiger charge is 2.49. The van der Waals surface area contributed by atoms with Gasteiger partial charge in [-0.2, -0.15) is 21.6 Å². The number of hydrogen-bond acceptors (Lipinski definition) is 18. The van der Waals surface area contributed by atoms with Gasteiger partial charge in [-0.3, -0.25) is 61.6 Å². The Morgan fingerprint density at radius 2 is 0.915 bits per heavy atom. The maximum atomic E-state index is 15.3. The number of carbonyl (C=O) groups excluding carboxylic acids is 1. The highest BCUT2D eigenvalue weighted by atomic mass is 127.